The summed E-state index contributed by atoms with van der Waals surface area (Å²) in [4.78, 5) is 12.8. The van der Waals surface area contributed by atoms with Crippen molar-refractivity contribution >= 4 is 27.4 Å². The topological polar surface area (TPSA) is 61.6 Å². The van der Waals surface area contributed by atoms with Gasteiger partial charge in [0.2, 0.25) is 0 Å². The highest BCUT2D eigenvalue weighted by molar-refractivity contribution is 9.10. The second-order valence-electron chi connectivity index (χ2n) is 5.94. The van der Waals surface area contributed by atoms with Crippen LogP contribution in [0.5, 0.6) is 0 Å². The van der Waals surface area contributed by atoms with Crippen LogP contribution in [0, 0.1) is 5.92 Å². The van der Waals surface area contributed by atoms with Gasteiger partial charge in [-0.2, -0.15) is 0 Å². The second-order valence-corrected chi connectivity index (χ2v) is 6.79. The molecule has 2 N–H and O–H groups in total. The van der Waals surface area contributed by atoms with E-state index in [1.165, 1.54) is 0 Å². The summed E-state index contributed by atoms with van der Waals surface area (Å²) in [6, 6.07) is 5.40. The maximum atomic E-state index is 12.8. The van der Waals surface area contributed by atoms with Gasteiger partial charge in [-0.05, 0) is 43.9 Å². The maximum absolute atomic E-state index is 12.8. The van der Waals surface area contributed by atoms with Crippen molar-refractivity contribution < 1.29 is 14.3 Å². The number of Topliss-reactive ketones (excluding diaryl/α,β-unsaturated/α-hetero) is 1. The molecule has 0 amide bonds. The molecule has 114 valence electrons. The smallest absolute Gasteiger partial charge is 0.167 e. The summed E-state index contributed by atoms with van der Waals surface area (Å²) in [5.74, 6) is 0.179. The predicted molar refractivity (Wildman–Crippen MR) is 84.3 cm³/mol. The van der Waals surface area contributed by atoms with Crippen LogP contribution in [0.3, 0.4) is 0 Å². The molecular formula is C16H20BrNO3. The van der Waals surface area contributed by atoms with Crippen molar-refractivity contribution in [1.82, 2.24) is 0 Å². The molecule has 2 heterocycles. The fourth-order valence-corrected chi connectivity index (χ4v) is 3.74. The zero-order valence-electron chi connectivity index (χ0n) is 11.9. The van der Waals surface area contributed by atoms with E-state index in [1.54, 1.807) is 12.1 Å². The Morgan fingerprint density at radius 1 is 1.29 bits per heavy atom. The minimum Gasteiger partial charge on any atom is -0.399 e. The average molecular weight is 354 g/mol. The second kappa shape index (κ2) is 6.07. The lowest BCUT2D eigenvalue weighted by molar-refractivity contribution is -0.142. The van der Waals surface area contributed by atoms with Gasteiger partial charge in [0.15, 0.2) is 5.78 Å². The number of anilines is 1. The van der Waals surface area contributed by atoms with Crippen LogP contribution in [0.2, 0.25) is 0 Å². The first-order valence-electron chi connectivity index (χ1n) is 7.41. The number of hydrogen-bond acceptors (Lipinski definition) is 4. The summed E-state index contributed by atoms with van der Waals surface area (Å²) in [5, 5.41) is 0. The van der Waals surface area contributed by atoms with E-state index in [1.807, 2.05) is 6.07 Å². The highest BCUT2D eigenvalue weighted by atomic mass is 79.9. The van der Waals surface area contributed by atoms with Crippen LogP contribution in [-0.4, -0.2) is 31.2 Å². The Bertz CT molecular complexity index is 535. The summed E-state index contributed by atoms with van der Waals surface area (Å²) in [6.07, 6.45) is 3.34. The number of nitrogens with two attached hydrogens (primary N) is 1. The van der Waals surface area contributed by atoms with Gasteiger partial charge in [-0.15, -0.1) is 0 Å². The first-order chi connectivity index (χ1) is 10.1. The fraction of sp³-hybridized carbons (Fsp3) is 0.562. The fourth-order valence-electron chi connectivity index (χ4n) is 3.30. The van der Waals surface area contributed by atoms with Crippen LogP contribution >= 0.6 is 15.9 Å². The zero-order chi connectivity index (χ0) is 14.9. The Kier molecular flexibility index (Phi) is 4.33. The van der Waals surface area contributed by atoms with Gasteiger partial charge in [-0.1, -0.05) is 15.9 Å². The maximum Gasteiger partial charge on any atom is 0.167 e. The van der Waals surface area contributed by atoms with Gasteiger partial charge >= 0.3 is 0 Å². The van der Waals surface area contributed by atoms with E-state index in [0.29, 0.717) is 17.9 Å². The van der Waals surface area contributed by atoms with Crippen LogP contribution in [0.1, 0.15) is 36.0 Å². The molecule has 1 atom stereocenters. The molecule has 21 heavy (non-hydrogen) atoms. The molecule has 3 rings (SSSR count). The van der Waals surface area contributed by atoms with Crippen molar-refractivity contribution in [2.75, 3.05) is 25.6 Å². The summed E-state index contributed by atoms with van der Waals surface area (Å²) >= 11 is 3.46. The van der Waals surface area contributed by atoms with E-state index in [9.17, 15) is 4.79 Å². The summed E-state index contributed by atoms with van der Waals surface area (Å²) in [7, 11) is 0. The molecule has 0 radical (unpaired) electrons. The monoisotopic (exact) mass is 353 g/mol. The van der Waals surface area contributed by atoms with Crippen molar-refractivity contribution in [3.8, 4) is 0 Å². The largest absolute Gasteiger partial charge is 0.399 e. The molecule has 1 aromatic rings. The molecule has 2 fully saturated rings. The first-order valence-corrected chi connectivity index (χ1v) is 8.20. The summed E-state index contributed by atoms with van der Waals surface area (Å²) in [6.45, 7) is 2.10. The van der Waals surface area contributed by atoms with E-state index < -0.39 is 0 Å². The SMILES string of the molecule is Nc1ccc(Br)c(C(=O)C2CCOC3(CCOCC3)C2)c1. The number of nitrogen functional groups attached to an aromatic ring is 1. The van der Waals surface area contributed by atoms with E-state index >= 15 is 0 Å². The molecule has 2 saturated heterocycles. The van der Waals surface area contributed by atoms with Crippen molar-refractivity contribution in [2.24, 2.45) is 5.92 Å². The molecule has 0 aliphatic carbocycles. The minimum absolute atomic E-state index is 0.00921. The van der Waals surface area contributed by atoms with Gasteiger partial charge in [-0.25, -0.2) is 0 Å². The predicted octanol–water partition coefficient (Wildman–Crippen LogP) is 3.19. The van der Waals surface area contributed by atoms with Crippen molar-refractivity contribution in [2.45, 2.75) is 31.3 Å². The number of carbonyl (C=O) groups excluding carboxylic acids is 1. The zero-order valence-corrected chi connectivity index (χ0v) is 13.5. The van der Waals surface area contributed by atoms with Gasteiger partial charge in [0.1, 0.15) is 0 Å². The molecule has 0 aromatic heterocycles. The normalized spacial score (nSPS) is 24.9. The number of benzene rings is 1. The van der Waals surface area contributed by atoms with E-state index in [2.05, 4.69) is 15.9 Å². The number of hydrogen-bond donors (Lipinski definition) is 1. The minimum atomic E-state index is -0.163. The molecule has 2 aliphatic rings. The van der Waals surface area contributed by atoms with Crippen molar-refractivity contribution in [1.29, 1.82) is 0 Å². The molecular weight excluding hydrogens is 334 g/mol. The number of rotatable bonds is 2. The van der Waals surface area contributed by atoms with Crippen LogP contribution in [0.4, 0.5) is 5.69 Å². The van der Waals surface area contributed by atoms with Crippen LogP contribution in [0.25, 0.3) is 0 Å². The van der Waals surface area contributed by atoms with Gasteiger partial charge in [0.05, 0.1) is 5.60 Å². The molecule has 2 aliphatic heterocycles. The Morgan fingerprint density at radius 2 is 2.05 bits per heavy atom. The van der Waals surface area contributed by atoms with E-state index in [0.717, 1.165) is 43.4 Å². The van der Waals surface area contributed by atoms with Crippen LogP contribution in [-0.2, 0) is 9.47 Å². The number of ether oxygens (including phenoxy) is 2. The average Bonchev–Trinajstić information content (AvgIpc) is 2.50. The lowest BCUT2D eigenvalue weighted by Crippen LogP contribution is -2.45. The van der Waals surface area contributed by atoms with Crippen LogP contribution < -0.4 is 5.73 Å². The Labute approximate surface area is 133 Å². The molecule has 1 unspecified atom stereocenters. The third-order valence-electron chi connectivity index (χ3n) is 4.52. The number of ketones is 1. The Balaban J connectivity index is 1.79. The Morgan fingerprint density at radius 3 is 2.81 bits per heavy atom. The van der Waals surface area contributed by atoms with Gasteiger partial charge in [-0.3, -0.25) is 4.79 Å². The standard InChI is InChI=1S/C16H20BrNO3/c17-14-2-1-12(18)9-13(14)15(19)11-3-6-21-16(10-11)4-7-20-8-5-16/h1-2,9,11H,3-8,10,18H2. The first kappa shape index (κ1) is 15.0. The third-order valence-corrected chi connectivity index (χ3v) is 5.22. The van der Waals surface area contributed by atoms with E-state index in [-0.39, 0.29) is 17.3 Å². The molecule has 0 saturated carbocycles. The van der Waals surface area contributed by atoms with Gasteiger partial charge in [0, 0.05) is 41.5 Å². The molecule has 4 nitrogen and oxygen atoms in total. The lowest BCUT2D eigenvalue weighted by atomic mass is 9.78. The number of carbonyl (C=O) groups is 1. The van der Waals surface area contributed by atoms with Crippen molar-refractivity contribution in [3.63, 3.8) is 0 Å². The molecule has 1 aromatic carbocycles. The van der Waals surface area contributed by atoms with Gasteiger partial charge < -0.3 is 15.2 Å². The number of halogens is 1. The molecule has 0 bridgehead atoms. The molecule has 5 heteroatoms. The lowest BCUT2D eigenvalue weighted by Gasteiger charge is -2.43. The van der Waals surface area contributed by atoms with E-state index in [4.69, 9.17) is 15.2 Å². The highest BCUT2D eigenvalue weighted by Gasteiger charge is 2.41. The summed E-state index contributed by atoms with van der Waals surface area (Å²) < 4.78 is 12.2. The van der Waals surface area contributed by atoms with Crippen LogP contribution in [0.15, 0.2) is 22.7 Å². The summed E-state index contributed by atoms with van der Waals surface area (Å²) in [5.41, 5.74) is 6.96. The van der Waals surface area contributed by atoms with Gasteiger partial charge in [0.25, 0.3) is 0 Å². The molecule has 1 spiro atoms. The third kappa shape index (κ3) is 3.15. The quantitative estimate of drug-likeness (QED) is 0.655. The highest BCUT2D eigenvalue weighted by Crippen LogP contribution is 2.39. The Hall–Kier alpha value is -0.910. The van der Waals surface area contributed by atoms with Crippen molar-refractivity contribution in [3.05, 3.63) is 28.2 Å².